The molecule has 4 aromatic heterocycles. The number of carbonyl (C=O) groups excluding carboxylic acids is 9. The molecule has 0 unspecified atom stereocenters. The van der Waals surface area contributed by atoms with Crippen LogP contribution in [0.3, 0.4) is 0 Å². The summed E-state index contributed by atoms with van der Waals surface area (Å²) in [6.45, 7) is 25.1. The smallest absolute Gasteiger partial charge is 0.867 e. The van der Waals surface area contributed by atoms with Crippen molar-refractivity contribution >= 4 is 139 Å². The van der Waals surface area contributed by atoms with Crippen LogP contribution in [0.15, 0.2) is 157 Å². The Balaban J connectivity index is 0.000000302. The second kappa shape index (κ2) is 48.2. The summed E-state index contributed by atoms with van der Waals surface area (Å²) in [5.74, 6) is -4.33. The fourth-order valence-corrected chi connectivity index (χ4v) is 11.4. The molecule has 118 heavy (non-hydrogen) atoms. The van der Waals surface area contributed by atoms with Crippen LogP contribution in [0.5, 0.6) is 0 Å². The molecule has 0 aliphatic rings. The SMILES string of the molecule is CCC(=O)c1ccc(Cl)cc1.CCOC(=O)/C([O-])=C(\C)C(=O)c1ccc(Cl)cc1.CCOC(=O)c1[nH]nc(-c2ccc(Cl)cc2)c1C.CCOC(=O)c1nn(C(=O)OC(C)(C)C)c(-c2ccc(Cl)cc2)c1C.CCOC(=O)c1nn(C(=O)OC(C)(C)C)c(-c2ccc(Cl)cc2)c1CBr.COCc1c(-c2ccc(Cl)cc2)n[nH]c1C(=O)OC.[Li+]. The molecule has 0 radical (unpaired) electrons. The van der Waals surface area contributed by atoms with Gasteiger partial charge in [0.2, 0.25) is 0 Å². The number of ketones is 2. The van der Waals surface area contributed by atoms with Crippen molar-refractivity contribution in [3.8, 4) is 45.0 Å². The normalized spacial score (nSPS) is 10.8. The van der Waals surface area contributed by atoms with E-state index in [0.717, 1.165) is 37.3 Å². The number of hydrogen-bond acceptors (Lipinski definition) is 22. The molecule has 0 fully saturated rings. The van der Waals surface area contributed by atoms with Crippen LogP contribution in [-0.4, -0.2) is 145 Å². The van der Waals surface area contributed by atoms with Crippen LogP contribution in [0.4, 0.5) is 9.59 Å². The zero-order valence-corrected chi connectivity index (χ0v) is 74.1. The molecule has 0 atom stereocenters. The van der Waals surface area contributed by atoms with E-state index in [1.54, 1.807) is 180 Å². The molecular formula is C84H88BrCl6LiN8O18. The zero-order valence-electron chi connectivity index (χ0n) is 68.0. The third-order valence-electron chi connectivity index (χ3n) is 15.6. The Morgan fingerprint density at radius 2 is 0.822 bits per heavy atom. The number of esters is 5. The molecule has 26 nitrogen and oxygen atoms in total. The summed E-state index contributed by atoms with van der Waals surface area (Å²) >= 11 is 38.3. The quantitative estimate of drug-likeness (QED) is 0.0136. The van der Waals surface area contributed by atoms with Crippen LogP contribution in [-0.2, 0) is 54.6 Å². The van der Waals surface area contributed by atoms with Gasteiger partial charge in [0.15, 0.2) is 23.0 Å². The van der Waals surface area contributed by atoms with Gasteiger partial charge in [0.05, 0.1) is 62.9 Å². The number of carbonyl (C=O) groups is 9. The van der Waals surface area contributed by atoms with Crippen LogP contribution in [0.1, 0.15) is 174 Å². The third-order valence-corrected chi connectivity index (χ3v) is 17.6. The Hall–Kier alpha value is -9.89. The minimum atomic E-state index is -1.02. The van der Waals surface area contributed by atoms with E-state index in [-0.39, 0.29) is 74.0 Å². The Morgan fingerprint density at radius 1 is 0.458 bits per heavy atom. The Labute approximate surface area is 734 Å². The van der Waals surface area contributed by atoms with Gasteiger partial charge in [0, 0.05) is 105 Å². The minimum absolute atomic E-state index is 0. The number of aromatic nitrogens is 8. The van der Waals surface area contributed by atoms with E-state index in [2.05, 4.69) is 51.3 Å². The van der Waals surface area contributed by atoms with Gasteiger partial charge in [-0.05, 0) is 198 Å². The molecule has 4 heterocycles. The van der Waals surface area contributed by atoms with Gasteiger partial charge in [-0.2, -0.15) is 29.8 Å². The topological polar surface area (TPSA) is 344 Å². The Morgan fingerprint density at radius 3 is 1.23 bits per heavy atom. The third kappa shape index (κ3) is 29.6. The number of allylic oxidation sites excluding steroid dienone is 1. The average Bonchev–Trinajstić information content (AvgIpc) is 1.63. The first kappa shape index (κ1) is 100. The second-order valence-corrected chi connectivity index (χ2v) is 29.5. The second-order valence-electron chi connectivity index (χ2n) is 26.3. The first-order chi connectivity index (χ1) is 55.3. The molecule has 0 aliphatic carbocycles. The molecule has 0 saturated heterocycles. The molecule has 0 amide bonds. The molecule has 0 spiro atoms. The Kier molecular flexibility index (Phi) is 41.1. The molecule has 6 aromatic carbocycles. The van der Waals surface area contributed by atoms with E-state index in [1.165, 1.54) is 38.3 Å². The average molecular weight is 1800 g/mol. The van der Waals surface area contributed by atoms with E-state index >= 15 is 0 Å². The molecular weight excluding hydrogens is 1710 g/mol. The zero-order chi connectivity index (χ0) is 87.2. The molecule has 2 N–H and O–H groups in total. The van der Waals surface area contributed by atoms with Crippen molar-refractivity contribution in [3.05, 3.63) is 243 Å². The first-order valence-corrected chi connectivity index (χ1v) is 39.3. The van der Waals surface area contributed by atoms with Crippen molar-refractivity contribution in [1.82, 2.24) is 40.0 Å². The molecule has 0 bridgehead atoms. The van der Waals surface area contributed by atoms with Gasteiger partial charge in [-0.1, -0.05) is 141 Å². The molecule has 10 rings (SSSR count). The number of Topliss-reactive ketones (excluding diaryl/α,β-unsaturated/α-hetero) is 2. The van der Waals surface area contributed by atoms with Crippen molar-refractivity contribution in [2.24, 2.45) is 0 Å². The van der Waals surface area contributed by atoms with Gasteiger partial charge < -0.3 is 43.0 Å². The largest absolute Gasteiger partial charge is 1.00 e. The van der Waals surface area contributed by atoms with Crippen LogP contribution in [0.2, 0.25) is 30.1 Å². The summed E-state index contributed by atoms with van der Waals surface area (Å²) in [5, 5.41) is 37.5. The van der Waals surface area contributed by atoms with E-state index in [0.29, 0.717) is 110 Å². The summed E-state index contributed by atoms with van der Waals surface area (Å²) in [7, 11) is 2.88. The number of nitrogens with zero attached hydrogens (tertiary/aromatic N) is 6. The number of alkyl halides is 1. The monoisotopic (exact) mass is 1790 g/mol. The number of aromatic amines is 2. The number of nitrogens with one attached hydrogen (secondary N) is 2. The number of hydrogen-bond donors (Lipinski definition) is 2. The van der Waals surface area contributed by atoms with Crippen LogP contribution >= 0.6 is 85.5 Å². The van der Waals surface area contributed by atoms with E-state index in [9.17, 15) is 48.3 Å². The van der Waals surface area contributed by atoms with Gasteiger partial charge in [0.25, 0.3) is 0 Å². The standard InChI is InChI=1S/C18H20BrClN2O4.C18H21ClN2O4.C13H13ClN2O3.C13H13ClN2O2.C13H13ClO4.C9H9ClO.Li/c1-5-25-16(23)14-13(10-19)15(11-6-8-12(20)9-7-11)22(21-14)17(24)26-18(2,3)4;1-6-24-16(22)14-11(2)15(12-7-9-13(19)10-8-12)21(20-14)17(23)25-18(3,4)5;1-18-7-10-11(8-3-5-9(14)6-4-8)15-16-12(10)13(17)19-2;1-3-18-13(17)12-8(2)11(15-16-12)9-4-6-10(14)7-5-9;1-3-18-13(17)12(16)8(2)11(15)9-4-6-10(14)7-5-9;1-2-9(11)7-3-5-8(10)6-4-7;/h6-9H,5,10H2,1-4H3;7-10H,6H2,1-5H3;3-6H,7H2,1-2H3,(H,15,16);4-7H,3H2,1-2H3,(H,15,16);4-7,16H,3H2,1-2H3;3-6H,2H2,1H3;/q;;;;;;+1/p-1/b;;;;12-8-;;. The van der Waals surface area contributed by atoms with Crippen molar-refractivity contribution in [3.63, 3.8) is 0 Å². The fraction of sp³-hybridized carbons (Fsp3) is 0.298. The number of H-pyrrole nitrogens is 2. The van der Waals surface area contributed by atoms with E-state index < -0.39 is 58.8 Å². The summed E-state index contributed by atoms with van der Waals surface area (Å²) in [6.07, 6.45) is -0.807. The number of halogens is 7. The van der Waals surface area contributed by atoms with E-state index in [4.69, 9.17) is 103 Å². The fourth-order valence-electron chi connectivity index (χ4n) is 10.1. The van der Waals surface area contributed by atoms with Gasteiger partial charge in [-0.15, -0.1) is 0 Å². The maximum atomic E-state index is 12.7. The van der Waals surface area contributed by atoms with Crippen LogP contribution < -0.4 is 24.0 Å². The predicted octanol–water partition coefficient (Wildman–Crippen LogP) is 17.1. The van der Waals surface area contributed by atoms with Gasteiger partial charge in [0.1, 0.15) is 22.6 Å². The molecule has 622 valence electrons. The van der Waals surface area contributed by atoms with Gasteiger partial charge in [-0.25, -0.2) is 33.6 Å². The number of benzene rings is 6. The minimum Gasteiger partial charge on any atom is -0.867 e. The number of methoxy groups -OCH3 is 2. The molecule has 0 saturated carbocycles. The summed E-state index contributed by atoms with van der Waals surface area (Å²) in [5.41, 5.74) is 8.24. The van der Waals surface area contributed by atoms with Crippen molar-refractivity contribution < 1.29 is 105 Å². The molecule has 34 heteroatoms. The van der Waals surface area contributed by atoms with Crippen LogP contribution in [0.25, 0.3) is 45.0 Å². The number of ether oxygens (including phenoxy) is 8. The van der Waals surface area contributed by atoms with Crippen molar-refractivity contribution in [1.29, 1.82) is 0 Å². The first-order valence-electron chi connectivity index (χ1n) is 35.9. The molecule has 10 aromatic rings. The van der Waals surface area contributed by atoms with Crippen molar-refractivity contribution in [2.45, 2.75) is 126 Å². The maximum absolute atomic E-state index is 12.7. The maximum Gasteiger partial charge on any atom is 1.00 e. The Bertz CT molecular complexity index is 5100. The van der Waals surface area contributed by atoms with Crippen LogP contribution in [0, 0.1) is 13.8 Å². The van der Waals surface area contributed by atoms with Crippen molar-refractivity contribution in [2.75, 3.05) is 40.6 Å². The molecule has 0 aliphatic heterocycles. The summed E-state index contributed by atoms with van der Waals surface area (Å²) in [4.78, 5) is 107. The predicted molar refractivity (Wildman–Crippen MR) is 450 cm³/mol. The van der Waals surface area contributed by atoms with Gasteiger partial charge in [-0.3, -0.25) is 19.8 Å². The van der Waals surface area contributed by atoms with E-state index in [1.807, 2.05) is 38.1 Å². The number of rotatable bonds is 20. The van der Waals surface area contributed by atoms with Gasteiger partial charge >= 0.3 is 60.9 Å². The summed E-state index contributed by atoms with van der Waals surface area (Å²) < 4.78 is 42.4. The summed E-state index contributed by atoms with van der Waals surface area (Å²) in [6, 6.07) is 41.3.